The highest BCUT2D eigenvalue weighted by molar-refractivity contribution is 6.30. The summed E-state index contributed by atoms with van der Waals surface area (Å²) in [6.45, 7) is 39.8. The van der Waals surface area contributed by atoms with Gasteiger partial charge in [-0.1, -0.05) is 197 Å². The smallest absolute Gasteiger partial charge is 0.339 e. The average molecular weight is 825 g/mol. The molecule has 0 amide bonds. The van der Waals surface area contributed by atoms with Crippen LogP contribution in [0.2, 0.25) is 5.02 Å². The van der Waals surface area contributed by atoms with Crippen molar-refractivity contribution in [3.63, 3.8) is 0 Å². The summed E-state index contributed by atoms with van der Waals surface area (Å²) in [4.78, 5) is 27.8. The molecular formula is C52H86ClNO4. The first-order valence-electron chi connectivity index (χ1n) is 21.9. The first kappa shape index (κ1) is 58.9. The third kappa shape index (κ3) is 28.1. The van der Waals surface area contributed by atoms with E-state index in [4.69, 9.17) is 16.0 Å². The van der Waals surface area contributed by atoms with Crippen molar-refractivity contribution in [3.8, 4) is 0 Å². The molecule has 0 radical (unpaired) electrons. The predicted octanol–water partition coefficient (Wildman–Crippen LogP) is 15.6. The minimum Gasteiger partial charge on any atom is -0.465 e. The van der Waals surface area contributed by atoms with Crippen LogP contribution < -0.4 is 10.6 Å². The van der Waals surface area contributed by atoms with E-state index in [-0.39, 0.29) is 17.1 Å². The van der Waals surface area contributed by atoms with Gasteiger partial charge in [-0.3, -0.25) is 9.79 Å². The van der Waals surface area contributed by atoms with E-state index in [1.54, 1.807) is 0 Å². The molecule has 0 aliphatic heterocycles. The molecular weight excluding hydrogens is 738 g/mol. The standard InChI is InChI=1S/C26H33ClO2.C11H17NO2.C8H18.C4H10.C3H8/c1-8-9-10-20-16-23(24(28)17(2)3)29-25(20)22(26(5,6)7)15-18(4)19-11-13-21(27)14-12-19;1-5-7-9(3)12-8-10(6-2)11(13)14-4;1-5-6-7-8(2,3)4;1-3-4-2;1-3-2/h10-17H,8-9H2,1-7H3;6,8H,2,5,7H2,1,3-4H3;5-7H2,1-4H3;3-4H2,1-2H3;3H2,1-2H3/b18-15+,20-10+,25-22-;10-8+,12-9?;;;. The van der Waals surface area contributed by atoms with Gasteiger partial charge in [0, 0.05) is 33.6 Å². The molecule has 6 heteroatoms. The second-order valence-electron chi connectivity index (χ2n) is 17.2. The van der Waals surface area contributed by atoms with Crippen molar-refractivity contribution in [1.29, 1.82) is 0 Å². The first-order valence-corrected chi connectivity index (χ1v) is 22.2. The maximum absolute atomic E-state index is 12.6. The Kier molecular flexibility index (Phi) is 33.9. The molecule has 58 heavy (non-hydrogen) atoms. The fourth-order valence-corrected chi connectivity index (χ4v) is 4.85. The van der Waals surface area contributed by atoms with E-state index in [9.17, 15) is 9.59 Å². The summed E-state index contributed by atoms with van der Waals surface area (Å²) in [5.74, 6) is -0.0313. The van der Waals surface area contributed by atoms with Crippen LogP contribution in [0, 0.1) is 16.7 Å². The molecule has 1 aromatic carbocycles. The minimum atomic E-state index is -0.409. The quantitative estimate of drug-likeness (QED) is 0.0626. The third-order valence-electron chi connectivity index (χ3n) is 8.35. The van der Waals surface area contributed by atoms with E-state index in [2.05, 4.69) is 125 Å². The highest BCUT2D eigenvalue weighted by Gasteiger charge is 2.21. The number of ketones is 1. The summed E-state index contributed by atoms with van der Waals surface area (Å²) in [6.07, 6.45) is 19.2. The number of Topliss-reactive ketones (excluding diaryl/α,β-unsaturated/α-hetero) is 1. The van der Waals surface area contributed by atoms with Crippen LogP contribution in [0.4, 0.5) is 0 Å². The molecule has 0 aliphatic carbocycles. The zero-order valence-corrected chi connectivity index (χ0v) is 41.3. The second-order valence-corrected chi connectivity index (χ2v) is 17.6. The Hall–Kier alpha value is -3.44. The number of unbranched alkanes of at least 4 members (excludes halogenated alkanes) is 3. The topological polar surface area (TPSA) is 68.9 Å². The third-order valence-corrected chi connectivity index (χ3v) is 8.60. The van der Waals surface area contributed by atoms with Crippen molar-refractivity contribution in [1.82, 2.24) is 0 Å². The number of benzene rings is 1. The number of hydrogen-bond donors (Lipinski definition) is 0. The van der Waals surface area contributed by atoms with Gasteiger partial charge in [-0.25, -0.2) is 4.79 Å². The molecule has 330 valence electrons. The molecule has 0 unspecified atom stereocenters. The van der Waals surface area contributed by atoms with E-state index in [0.29, 0.717) is 16.7 Å². The number of carbonyl (C=O) groups excluding carboxylic acids is 2. The monoisotopic (exact) mass is 824 g/mol. The van der Waals surface area contributed by atoms with Gasteiger partial charge in [0.1, 0.15) is 5.42 Å². The Labute approximate surface area is 362 Å². The lowest BCUT2D eigenvalue weighted by atomic mass is 9.84. The van der Waals surface area contributed by atoms with Crippen LogP contribution in [0.5, 0.6) is 0 Å². The van der Waals surface area contributed by atoms with Crippen molar-refractivity contribution >= 4 is 46.3 Å². The van der Waals surface area contributed by atoms with Crippen molar-refractivity contribution in [2.45, 2.75) is 182 Å². The van der Waals surface area contributed by atoms with Gasteiger partial charge in [0.15, 0.2) is 5.76 Å². The van der Waals surface area contributed by atoms with Crippen molar-refractivity contribution < 1.29 is 18.7 Å². The van der Waals surface area contributed by atoms with Crippen molar-refractivity contribution in [2.75, 3.05) is 7.11 Å². The molecule has 0 fully saturated rings. The molecule has 0 aliphatic rings. The summed E-state index contributed by atoms with van der Waals surface area (Å²) in [5.41, 5.74) is 5.88. The van der Waals surface area contributed by atoms with Crippen LogP contribution in [0.15, 0.2) is 70.2 Å². The highest BCUT2D eigenvalue weighted by Crippen LogP contribution is 2.30. The number of rotatable bonds is 14. The summed E-state index contributed by atoms with van der Waals surface area (Å²) in [6, 6.07) is 9.75. The Morgan fingerprint density at radius 1 is 0.879 bits per heavy atom. The Morgan fingerprint density at radius 3 is 1.81 bits per heavy atom. The van der Waals surface area contributed by atoms with Gasteiger partial charge >= 0.3 is 5.97 Å². The van der Waals surface area contributed by atoms with E-state index in [1.807, 2.05) is 51.1 Å². The van der Waals surface area contributed by atoms with Crippen LogP contribution in [0.25, 0.3) is 17.2 Å². The van der Waals surface area contributed by atoms with Crippen LogP contribution in [0.1, 0.15) is 198 Å². The number of nitrogens with zero attached hydrogens (tertiary/aromatic N) is 1. The van der Waals surface area contributed by atoms with Crippen molar-refractivity contribution in [3.05, 3.63) is 87.8 Å². The van der Waals surface area contributed by atoms with Gasteiger partial charge in [-0.2, -0.15) is 0 Å². The largest absolute Gasteiger partial charge is 0.465 e. The lowest BCUT2D eigenvalue weighted by Crippen LogP contribution is -2.27. The number of halogens is 1. The molecule has 0 N–H and O–H groups in total. The fraction of sp³-hybridized carbons (Fsp3) is 0.596. The number of ether oxygens (including phenoxy) is 1. The van der Waals surface area contributed by atoms with E-state index in [1.165, 1.54) is 57.9 Å². The molecule has 2 aromatic rings. The number of carbonyl (C=O) groups is 2. The van der Waals surface area contributed by atoms with E-state index >= 15 is 0 Å². The van der Waals surface area contributed by atoms with Gasteiger partial charge in [0.25, 0.3) is 0 Å². The van der Waals surface area contributed by atoms with E-state index < -0.39 is 5.97 Å². The lowest BCUT2D eigenvalue weighted by Gasteiger charge is -2.20. The number of furan rings is 1. The minimum absolute atomic E-state index is 0.0362. The number of aliphatic imine (C=N–C) groups is 1. The summed E-state index contributed by atoms with van der Waals surface area (Å²) >= 11 is 6.04. The zero-order valence-electron chi connectivity index (χ0n) is 40.5. The first-order chi connectivity index (χ1) is 27.1. The Morgan fingerprint density at radius 2 is 1.43 bits per heavy atom. The molecule has 0 saturated heterocycles. The number of allylic oxidation sites excluding steroid dienone is 2. The normalized spacial score (nSPS) is 12.8. The number of esters is 1. The average Bonchev–Trinajstić information content (AvgIpc) is 3.58. The number of methoxy groups -OCH3 is 1. The van der Waals surface area contributed by atoms with Gasteiger partial charge < -0.3 is 9.15 Å². The molecule has 1 aromatic heterocycles. The molecule has 1 heterocycles. The summed E-state index contributed by atoms with van der Waals surface area (Å²) in [5, 5.41) is 1.72. The summed E-state index contributed by atoms with van der Waals surface area (Å²) < 4.78 is 10.7. The van der Waals surface area contributed by atoms with Crippen LogP contribution in [-0.4, -0.2) is 24.6 Å². The van der Waals surface area contributed by atoms with Crippen LogP contribution in [0.3, 0.4) is 0 Å². The van der Waals surface area contributed by atoms with Crippen LogP contribution in [-0.2, 0) is 9.53 Å². The SMILES string of the molecule is C=C/C(=C\N=C(C)CCC)C(=O)OC.CCC.CCCC.CCCCC(C)(C)C.CCC\C=c1/cc(C(=O)C(C)C)o/c1=C(/C=C(\C)c1ccc(Cl)cc1)C(C)(C)C. The van der Waals surface area contributed by atoms with Crippen LogP contribution >= 0.6 is 11.6 Å². The summed E-state index contributed by atoms with van der Waals surface area (Å²) in [7, 11) is 1.34. The lowest BCUT2D eigenvalue weighted by molar-refractivity contribution is -0.135. The van der Waals surface area contributed by atoms with Crippen molar-refractivity contribution in [2.24, 2.45) is 21.7 Å². The van der Waals surface area contributed by atoms with Gasteiger partial charge in [0.05, 0.1) is 12.7 Å². The number of hydrogen-bond acceptors (Lipinski definition) is 5. The Bertz CT molecular complexity index is 1640. The highest BCUT2D eigenvalue weighted by atomic mass is 35.5. The molecule has 0 bridgehead atoms. The second kappa shape index (κ2) is 33.4. The van der Waals surface area contributed by atoms with Gasteiger partial charge in [-0.15, -0.1) is 0 Å². The molecule has 0 atom stereocenters. The molecule has 2 rings (SSSR count). The molecule has 0 spiro atoms. The Balaban J connectivity index is -0.000000859. The van der Waals surface area contributed by atoms with E-state index in [0.717, 1.165) is 63.8 Å². The molecule has 0 saturated carbocycles. The molecule has 5 nitrogen and oxygen atoms in total. The van der Waals surface area contributed by atoms with Gasteiger partial charge in [0.2, 0.25) is 5.78 Å². The predicted molar refractivity (Wildman–Crippen MR) is 258 cm³/mol. The van der Waals surface area contributed by atoms with Gasteiger partial charge in [-0.05, 0) is 73.3 Å². The maximum atomic E-state index is 12.6. The maximum Gasteiger partial charge on any atom is 0.339 e. The zero-order chi connectivity index (χ0) is 45.5. The fourth-order valence-electron chi connectivity index (χ4n) is 4.73.